The summed E-state index contributed by atoms with van der Waals surface area (Å²) in [6.45, 7) is 3.74. The molecule has 2 heterocycles. The lowest BCUT2D eigenvalue weighted by Gasteiger charge is -2.17. The van der Waals surface area contributed by atoms with Crippen LogP contribution >= 0.6 is 11.8 Å². The third kappa shape index (κ3) is 3.39. The number of aryl methyl sites for hydroxylation is 1. The van der Waals surface area contributed by atoms with Gasteiger partial charge in [0.1, 0.15) is 17.3 Å². The highest BCUT2D eigenvalue weighted by Crippen LogP contribution is 2.35. The Balaban J connectivity index is 2.28. The number of aromatic amines is 1. The lowest BCUT2D eigenvalue weighted by Crippen LogP contribution is -2.23. The molecule has 0 aromatic carbocycles. The molecule has 0 aliphatic heterocycles. The third-order valence-electron chi connectivity index (χ3n) is 2.50. The van der Waals surface area contributed by atoms with Gasteiger partial charge in [0.15, 0.2) is 5.16 Å². The summed E-state index contributed by atoms with van der Waals surface area (Å²) in [6, 6.07) is 4.83. The molecule has 0 amide bonds. The first-order chi connectivity index (χ1) is 8.95. The molecule has 102 valence electrons. The van der Waals surface area contributed by atoms with E-state index in [-0.39, 0.29) is 22.7 Å². The number of anilines is 1. The quantitative estimate of drug-likeness (QED) is 0.577. The molecule has 0 saturated carbocycles. The monoisotopic (exact) mass is 280 g/mol. The van der Waals surface area contributed by atoms with Crippen LogP contribution in [-0.2, 0) is 0 Å². The summed E-state index contributed by atoms with van der Waals surface area (Å²) in [6.07, 6.45) is 0. The first-order valence-corrected chi connectivity index (χ1v) is 6.69. The van der Waals surface area contributed by atoms with Gasteiger partial charge in [0.2, 0.25) is 0 Å². The molecule has 0 fully saturated rings. The molecular formula is C12H16N4O2S. The highest BCUT2D eigenvalue weighted by atomic mass is 32.2. The molecule has 19 heavy (non-hydrogen) atoms. The molecule has 7 heteroatoms. The molecule has 0 aliphatic rings. The number of nitrogens with zero attached hydrogens (tertiary/aromatic N) is 1. The molecule has 2 aromatic heterocycles. The minimum absolute atomic E-state index is 0.140. The van der Waals surface area contributed by atoms with Crippen LogP contribution in [-0.4, -0.2) is 16.0 Å². The van der Waals surface area contributed by atoms with E-state index in [1.165, 1.54) is 17.8 Å². The summed E-state index contributed by atoms with van der Waals surface area (Å²) in [5, 5.41) is 0.292. The van der Waals surface area contributed by atoms with E-state index in [1.807, 2.05) is 26.0 Å². The predicted octanol–water partition coefficient (Wildman–Crippen LogP) is 1.43. The number of rotatable bonds is 4. The fourth-order valence-corrected chi connectivity index (χ4v) is 2.68. The van der Waals surface area contributed by atoms with Crippen LogP contribution in [0.15, 0.2) is 32.6 Å². The van der Waals surface area contributed by atoms with Crippen molar-refractivity contribution in [3.63, 3.8) is 0 Å². The van der Waals surface area contributed by atoms with Crippen molar-refractivity contribution < 1.29 is 4.42 Å². The van der Waals surface area contributed by atoms with Gasteiger partial charge in [0.05, 0.1) is 5.25 Å². The maximum Gasteiger partial charge on any atom is 0.253 e. The summed E-state index contributed by atoms with van der Waals surface area (Å²) in [5.41, 5.74) is 11.2. The highest BCUT2D eigenvalue weighted by molar-refractivity contribution is 7.99. The summed E-state index contributed by atoms with van der Waals surface area (Å²) in [4.78, 5) is 18.1. The van der Waals surface area contributed by atoms with Crippen molar-refractivity contribution in [3.8, 4) is 0 Å². The van der Waals surface area contributed by atoms with Crippen LogP contribution in [0.3, 0.4) is 0 Å². The van der Waals surface area contributed by atoms with E-state index in [0.29, 0.717) is 5.16 Å². The number of nitrogens with two attached hydrogens (primary N) is 2. The maximum absolute atomic E-state index is 11.4. The number of aromatic nitrogens is 2. The van der Waals surface area contributed by atoms with Crippen molar-refractivity contribution in [3.05, 3.63) is 40.1 Å². The molecule has 0 aliphatic carbocycles. The van der Waals surface area contributed by atoms with Gasteiger partial charge >= 0.3 is 0 Å². The van der Waals surface area contributed by atoms with Crippen LogP contribution < -0.4 is 17.0 Å². The molecule has 0 spiro atoms. The number of nitrogen functional groups attached to an aromatic ring is 1. The van der Waals surface area contributed by atoms with E-state index in [0.717, 1.165) is 11.5 Å². The van der Waals surface area contributed by atoms with Crippen molar-refractivity contribution in [1.29, 1.82) is 0 Å². The van der Waals surface area contributed by atoms with Crippen LogP contribution in [0.1, 0.15) is 23.7 Å². The second kappa shape index (κ2) is 5.50. The lowest BCUT2D eigenvalue weighted by atomic mass is 10.2. The van der Waals surface area contributed by atoms with E-state index in [9.17, 15) is 4.79 Å². The molecule has 2 rings (SSSR count). The van der Waals surface area contributed by atoms with Gasteiger partial charge in [0, 0.05) is 12.1 Å². The molecule has 2 atom stereocenters. The standard InChI is InChI=1S/C12H16N4O2S/c1-6-3-4-8(18-6)11(7(2)13)19-12-15-9(14)5-10(17)16-12/h3-5,7,11H,13H2,1-2H3,(H3,14,15,16,17). The number of hydrogen-bond acceptors (Lipinski definition) is 6. The van der Waals surface area contributed by atoms with Gasteiger partial charge in [-0.15, -0.1) is 0 Å². The van der Waals surface area contributed by atoms with Crippen LogP contribution in [0, 0.1) is 6.92 Å². The summed E-state index contributed by atoms with van der Waals surface area (Å²) >= 11 is 1.33. The van der Waals surface area contributed by atoms with Gasteiger partial charge in [-0.1, -0.05) is 11.8 Å². The number of H-pyrrole nitrogens is 1. The zero-order valence-corrected chi connectivity index (χ0v) is 11.5. The fourth-order valence-electron chi connectivity index (χ4n) is 1.66. The number of hydrogen-bond donors (Lipinski definition) is 3. The Bertz CT molecular complexity index is 620. The molecule has 0 radical (unpaired) electrons. The molecule has 0 saturated heterocycles. The molecule has 6 nitrogen and oxygen atoms in total. The average molecular weight is 280 g/mol. The van der Waals surface area contributed by atoms with E-state index >= 15 is 0 Å². The molecule has 2 unspecified atom stereocenters. The topological polar surface area (TPSA) is 111 Å². The zero-order chi connectivity index (χ0) is 14.0. The first kappa shape index (κ1) is 13.7. The normalized spacial score (nSPS) is 14.3. The number of furan rings is 1. The van der Waals surface area contributed by atoms with Gasteiger partial charge in [-0.05, 0) is 26.0 Å². The lowest BCUT2D eigenvalue weighted by molar-refractivity contribution is 0.464. The largest absolute Gasteiger partial charge is 0.465 e. The maximum atomic E-state index is 11.4. The predicted molar refractivity (Wildman–Crippen MR) is 75.0 cm³/mol. The van der Waals surface area contributed by atoms with Gasteiger partial charge in [-0.25, -0.2) is 4.98 Å². The first-order valence-electron chi connectivity index (χ1n) is 5.81. The second-order valence-electron chi connectivity index (χ2n) is 4.32. The zero-order valence-electron chi connectivity index (χ0n) is 10.7. The Morgan fingerprint density at radius 1 is 1.47 bits per heavy atom. The Morgan fingerprint density at radius 2 is 2.21 bits per heavy atom. The van der Waals surface area contributed by atoms with Crippen LogP contribution in [0.5, 0.6) is 0 Å². The van der Waals surface area contributed by atoms with Crippen molar-refractivity contribution >= 4 is 17.6 Å². The van der Waals surface area contributed by atoms with Crippen molar-refractivity contribution in [2.45, 2.75) is 30.3 Å². The molecular weight excluding hydrogens is 264 g/mol. The Labute approximate surface area is 114 Å². The van der Waals surface area contributed by atoms with E-state index in [2.05, 4.69) is 9.97 Å². The van der Waals surface area contributed by atoms with Crippen LogP contribution in [0.25, 0.3) is 0 Å². The fraction of sp³-hybridized carbons (Fsp3) is 0.333. The van der Waals surface area contributed by atoms with E-state index in [4.69, 9.17) is 15.9 Å². The number of thioether (sulfide) groups is 1. The van der Waals surface area contributed by atoms with Crippen molar-refractivity contribution in [1.82, 2.24) is 9.97 Å². The van der Waals surface area contributed by atoms with Crippen molar-refractivity contribution in [2.24, 2.45) is 5.73 Å². The Morgan fingerprint density at radius 3 is 2.74 bits per heavy atom. The summed E-state index contributed by atoms with van der Waals surface area (Å²) in [7, 11) is 0. The van der Waals surface area contributed by atoms with Crippen molar-refractivity contribution in [2.75, 3.05) is 5.73 Å². The van der Waals surface area contributed by atoms with E-state index < -0.39 is 0 Å². The number of nitrogens with one attached hydrogen (secondary N) is 1. The van der Waals surface area contributed by atoms with Crippen LogP contribution in [0.4, 0.5) is 5.82 Å². The van der Waals surface area contributed by atoms with Gasteiger partial charge < -0.3 is 20.9 Å². The van der Waals surface area contributed by atoms with Crippen LogP contribution in [0.2, 0.25) is 0 Å². The second-order valence-corrected chi connectivity index (χ2v) is 5.45. The van der Waals surface area contributed by atoms with E-state index in [1.54, 1.807) is 0 Å². The minimum Gasteiger partial charge on any atom is -0.465 e. The van der Waals surface area contributed by atoms with Gasteiger partial charge in [0.25, 0.3) is 5.56 Å². The average Bonchev–Trinajstić information content (AvgIpc) is 2.70. The Kier molecular flexibility index (Phi) is 3.96. The molecule has 2 aromatic rings. The third-order valence-corrected chi connectivity index (χ3v) is 3.83. The molecule has 0 bridgehead atoms. The smallest absolute Gasteiger partial charge is 0.253 e. The summed E-state index contributed by atoms with van der Waals surface area (Å²) in [5.74, 6) is 1.75. The van der Waals surface area contributed by atoms with Gasteiger partial charge in [-0.2, -0.15) is 0 Å². The highest BCUT2D eigenvalue weighted by Gasteiger charge is 2.22. The Hall–Kier alpha value is -1.73. The summed E-state index contributed by atoms with van der Waals surface area (Å²) < 4.78 is 5.59. The minimum atomic E-state index is -0.283. The van der Waals surface area contributed by atoms with Gasteiger partial charge in [-0.3, -0.25) is 4.79 Å². The molecule has 5 N–H and O–H groups in total. The SMILES string of the molecule is Cc1ccc(C(Sc2nc(N)cc(=O)[nH]2)C(C)N)o1.